The quantitative estimate of drug-likeness (QED) is 0.260. The molecule has 4 atom stereocenters. The molecule has 0 saturated heterocycles. The number of rotatable bonds is 5. The van der Waals surface area contributed by atoms with Gasteiger partial charge in [0, 0.05) is 57.2 Å². The van der Waals surface area contributed by atoms with Gasteiger partial charge in [-0.3, -0.25) is 9.88 Å². The Bertz CT molecular complexity index is 606. The van der Waals surface area contributed by atoms with E-state index < -0.39 is 34.5 Å². The molecule has 0 unspecified atom stereocenters. The van der Waals surface area contributed by atoms with Gasteiger partial charge in [-0.1, -0.05) is 0 Å². The van der Waals surface area contributed by atoms with Crippen LogP contribution in [0.2, 0.25) is 0 Å². The van der Waals surface area contributed by atoms with Crippen LogP contribution < -0.4 is 10.5 Å². The van der Waals surface area contributed by atoms with Crippen LogP contribution in [-0.4, -0.2) is 53.5 Å². The Morgan fingerprint density at radius 1 is 1.35 bits per heavy atom. The zero-order valence-corrected chi connectivity index (χ0v) is 16.0. The molecule has 0 spiro atoms. The number of hydrogen-bond donors (Lipinski definition) is 4. The first-order chi connectivity index (χ1) is 9.76. The number of nitrogens with two attached hydrogens (primary N) is 1. The Labute approximate surface area is 160 Å². The maximum Gasteiger partial charge on any atom is 0.333 e. The van der Waals surface area contributed by atoms with E-state index in [4.69, 9.17) is 5.14 Å². The van der Waals surface area contributed by atoms with Crippen molar-refractivity contribution in [2.24, 2.45) is 11.1 Å². The van der Waals surface area contributed by atoms with E-state index in [-0.39, 0.29) is 52.0 Å². The second-order valence-electron chi connectivity index (χ2n) is 4.89. The normalized spacial score (nSPS) is 27.0. The summed E-state index contributed by atoms with van der Waals surface area (Å²) in [5, 5.41) is 27.5. The van der Waals surface area contributed by atoms with Gasteiger partial charge in [-0.25, -0.2) is 5.14 Å². The maximum atomic E-state index is 10.8. The summed E-state index contributed by atoms with van der Waals surface area (Å²) in [6.45, 7) is 1.42. The van der Waals surface area contributed by atoms with Crippen LogP contribution in [0.1, 0.15) is 12.1 Å². The number of aryl methyl sites for hydroxylation is 1. The summed E-state index contributed by atoms with van der Waals surface area (Å²) < 4.78 is 26.0. The van der Waals surface area contributed by atoms with Crippen molar-refractivity contribution in [1.82, 2.24) is 9.97 Å². The van der Waals surface area contributed by atoms with Crippen molar-refractivity contribution in [3.05, 3.63) is 18.1 Å². The minimum Gasteiger partial charge on any atom is -0.550 e. The topological polar surface area (TPSA) is 148 Å². The Balaban J connectivity index is 0.00000242. The molecule has 9 nitrogen and oxygen atoms in total. The van der Waals surface area contributed by atoms with E-state index in [1.807, 2.05) is 0 Å². The minimum atomic E-state index is -4.08. The van der Waals surface area contributed by atoms with Gasteiger partial charge >= 0.3 is 10.3 Å². The molecule has 23 heavy (non-hydrogen) atoms. The van der Waals surface area contributed by atoms with Crippen molar-refractivity contribution in [2.75, 3.05) is 11.9 Å². The molecule has 1 aliphatic carbocycles. The number of nitrogens with zero attached hydrogens (tertiary/aromatic N) is 2. The third-order valence-corrected chi connectivity index (χ3v) is 3.71. The first-order valence-corrected chi connectivity index (χ1v) is 7.67. The van der Waals surface area contributed by atoms with Crippen LogP contribution in [0.5, 0.6) is 0 Å². The summed E-state index contributed by atoms with van der Waals surface area (Å²) in [6, 6.07) is 2.32. The Morgan fingerprint density at radius 3 is 2.57 bits per heavy atom. The average Bonchev–Trinajstić information content (AvgIpc) is 2.64. The molecule has 1 heterocycles. The molecule has 2 radical (unpaired) electrons. The fourth-order valence-electron chi connectivity index (χ4n) is 2.24. The molecule has 1 fully saturated rings. The summed E-state index contributed by atoms with van der Waals surface area (Å²) in [5.74, 6) is -0.227. The van der Waals surface area contributed by atoms with Crippen molar-refractivity contribution in [3.8, 4) is 0 Å². The summed E-state index contributed by atoms with van der Waals surface area (Å²) >= 11 is 0. The number of nitrogens with one attached hydrogen (secondary N) is 1. The molecule has 0 aromatic carbocycles. The Hall–Kier alpha value is -0.0832. The molecule has 5 N–H and O–H groups in total. The minimum absolute atomic E-state index is 0. The number of aromatic nitrogens is 2. The summed E-state index contributed by atoms with van der Waals surface area (Å²) in [5.41, 5.74) is 0.578. The van der Waals surface area contributed by atoms with E-state index in [0.29, 0.717) is 11.5 Å². The third-order valence-electron chi connectivity index (χ3n) is 3.25. The molecule has 0 bridgehead atoms. The van der Waals surface area contributed by atoms with Crippen LogP contribution in [0.4, 0.5) is 5.82 Å². The molecule has 1 aromatic rings. The van der Waals surface area contributed by atoms with Crippen molar-refractivity contribution in [1.29, 1.82) is 0 Å². The largest absolute Gasteiger partial charge is 0.550 e. The fourth-order valence-corrected chi connectivity index (χ4v) is 2.60. The van der Waals surface area contributed by atoms with Gasteiger partial charge in [0.1, 0.15) is 0 Å². The van der Waals surface area contributed by atoms with Crippen LogP contribution in [0.3, 0.4) is 0 Å². The molecular formula is C11H16N4O5Rh2S-2. The van der Waals surface area contributed by atoms with Crippen LogP contribution in [0.25, 0.3) is 0 Å². The van der Waals surface area contributed by atoms with Gasteiger partial charge in [-0.15, -0.1) is 6.92 Å². The molecule has 0 amide bonds. The van der Waals surface area contributed by atoms with Gasteiger partial charge in [0.05, 0.1) is 18.8 Å². The second kappa shape index (κ2) is 9.41. The summed E-state index contributed by atoms with van der Waals surface area (Å²) in [7, 11) is -4.08. The van der Waals surface area contributed by atoms with E-state index in [0.717, 1.165) is 0 Å². The SMILES string of the molecule is Cc1[c-]c(N[C@@H]2C[C@H](COS(N)(=O)=O)[C@@H](O)[C@H]2O)n[c-]n1.[Rh].[Rh]. The third kappa shape index (κ3) is 6.74. The van der Waals surface area contributed by atoms with Crippen molar-refractivity contribution < 1.29 is 61.8 Å². The van der Waals surface area contributed by atoms with E-state index >= 15 is 0 Å². The zero-order valence-electron chi connectivity index (χ0n) is 11.9. The van der Waals surface area contributed by atoms with E-state index in [1.165, 1.54) is 0 Å². The van der Waals surface area contributed by atoms with Gasteiger partial charge in [0.15, 0.2) is 0 Å². The van der Waals surface area contributed by atoms with Crippen molar-refractivity contribution >= 4 is 16.1 Å². The molecule has 12 heteroatoms. The predicted octanol–water partition coefficient (Wildman–Crippen LogP) is -1.88. The number of aliphatic hydroxyl groups excluding tert-OH is 2. The molecule has 136 valence electrons. The maximum absolute atomic E-state index is 10.8. The molecule has 0 aliphatic heterocycles. The number of hydrogen-bond acceptors (Lipinski definition) is 8. The first kappa shape index (κ1) is 22.9. The number of aliphatic hydroxyl groups is 2. The summed E-state index contributed by atoms with van der Waals surface area (Å²) in [4.78, 5) is 7.61. The molecule has 2 rings (SSSR count). The Morgan fingerprint density at radius 2 is 2.00 bits per heavy atom. The van der Waals surface area contributed by atoms with Gasteiger partial charge in [-0.2, -0.15) is 14.2 Å². The number of anilines is 1. The van der Waals surface area contributed by atoms with E-state index in [2.05, 4.69) is 31.9 Å². The van der Waals surface area contributed by atoms with Crippen molar-refractivity contribution in [3.63, 3.8) is 0 Å². The van der Waals surface area contributed by atoms with E-state index in [9.17, 15) is 18.6 Å². The Kier molecular flexibility index (Phi) is 9.38. The van der Waals surface area contributed by atoms with Gasteiger partial charge in [0.25, 0.3) is 0 Å². The van der Waals surface area contributed by atoms with Crippen LogP contribution in [-0.2, 0) is 53.4 Å². The fraction of sp³-hybridized carbons (Fsp3) is 0.636. The van der Waals surface area contributed by atoms with Crippen LogP contribution in [0, 0.1) is 25.2 Å². The zero-order chi connectivity index (χ0) is 15.6. The van der Waals surface area contributed by atoms with Crippen LogP contribution >= 0.6 is 0 Å². The second-order valence-corrected chi connectivity index (χ2v) is 6.11. The smallest absolute Gasteiger partial charge is 0.333 e. The van der Waals surface area contributed by atoms with Gasteiger partial charge in [-0.05, 0) is 6.42 Å². The molecule has 1 aliphatic rings. The first-order valence-electron chi connectivity index (χ1n) is 6.20. The monoisotopic (exact) mass is 522 g/mol. The van der Waals surface area contributed by atoms with Gasteiger partial charge in [0.2, 0.25) is 0 Å². The predicted molar refractivity (Wildman–Crippen MR) is 71.0 cm³/mol. The van der Waals surface area contributed by atoms with Crippen molar-refractivity contribution in [2.45, 2.75) is 31.6 Å². The van der Waals surface area contributed by atoms with Crippen LogP contribution in [0.15, 0.2) is 0 Å². The molecule has 1 aromatic heterocycles. The molecule has 1 saturated carbocycles. The van der Waals surface area contributed by atoms with E-state index in [1.54, 1.807) is 6.92 Å². The van der Waals surface area contributed by atoms with Gasteiger partial charge < -0.3 is 31.6 Å². The standard InChI is InChI=1S/C11H16N4O5S.2Rh/c1-6-2-9(14-5-13-6)15-8-3-7(10(16)11(8)17)4-20-21(12,18)19;;/h7-8,10-11,16-17H,3-4H2,1H3,(H2,12,18,19)(H,13,14,15);;/q-2;;/t7-,8-,10-,11+;;/m1../s1. The average molecular weight is 522 g/mol. The summed E-state index contributed by atoms with van der Waals surface area (Å²) in [6.07, 6.45) is 0.490. The molecular weight excluding hydrogens is 506 g/mol.